The van der Waals surface area contributed by atoms with E-state index in [0.29, 0.717) is 12.5 Å². The summed E-state index contributed by atoms with van der Waals surface area (Å²) >= 11 is 2.69. The molecule has 1 unspecified atom stereocenters. The van der Waals surface area contributed by atoms with Gasteiger partial charge in [-0.05, 0) is 35.3 Å². The van der Waals surface area contributed by atoms with Gasteiger partial charge in [0.25, 0.3) is 0 Å². The minimum atomic E-state index is -4.47. The first-order valence-electron chi connectivity index (χ1n) is 5.50. The van der Waals surface area contributed by atoms with Gasteiger partial charge in [0.1, 0.15) is 16.3 Å². The Bertz CT molecular complexity index is 648. The second-order valence-corrected chi connectivity index (χ2v) is 6.38. The number of halogens is 3. The third kappa shape index (κ3) is 3.53. The number of primary sulfonamides is 1. The molecule has 1 aromatic carbocycles. The van der Waals surface area contributed by atoms with Crippen LogP contribution in [0.25, 0.3) is 0 Å². The van der Waals surface area contributed by atoms with Crippen molar-refractivity contribution in [1.82, 2.24) is 0 Å². The van der Waals surface area contributed by atoms with E-state index in [2.05, 4.69) is 15.9 Å². The Labute approximate surface area is 123 Å². The number of carbonyl (C=O) groups excluding carboxylic acids is 1. The first-order chi connectivity index (χ1) is 9.09. The molecule has 5 nitrogen and oxygen atoms in total. The maximum atomic E-state index is 14.1. The van der Waals surface area contributed by atoms with Gasteiger partial charge in [0.2, 0.25) is 10.0 Å². The van der Waals surface area contributed by atoms with Crippen LogP contribution < -0.4 is 5.14 Å². The fourth-order valence-electron chi connectivity index (χ4n) is 1.35. The number of ether oxygens (including phenoxy) is 1. The van der Waals surface area contributed by atoms with Gasteiger partial charge in [-0.2, -0.15) is 0 Å². The maximum Gasteiger partial charge on any atom is 0.344 e. The third-order valence-corrected chi connectivity index (χ3v) is 4.36. The predicted molar refractivity (Wildman–Crippen MR) is 70.6 cm³/mol. The molecule has 0 aliphatic heterocycles. The van der Waals surface area contributed by atoms with Crippen molar-refractivity contribution >= 4 is 31.9 Å². The van der Waals surface area contributed by atoms with E-state index >= 15 is 0 Å². The highest BCUT2D eigenvalue weighted by Gasteiger charge is 2.29. The predicted octanol–water partition coefficient (Wildman–Crippen LogP) is 2.33. The fraction of sp³-hybridized carbons (Fsp3) is 0.364. The zero-order valence-electron chi connectivity index (χ0n) is 10.6. The molecule has 112 valence electrons. The van der Waals surface area contributed by atoms with E-state index in [1.165, 1.54) is 6.92 Å². The Morgan fingerprint density at radius 2 is 2.05 bits per heavy atom. The van der Waals surface area contributed by atoms with E-state index < -0.39 is 48.7 Å². The highest BCUT2D eigenvalue weighted by atomic mass is 79.9. The van der Waals surface area contributed by atoms with Crippen LogP contribution in [0.2, 0.25) is 0 Å². The number of esters is 1. The molecule has 0 fully saturated rings. The number of rotatable bonds is 4. The second kappa shape index (κ2) is 6.15. The van der Waals surface area contributed by atoms with Crippen LogP contribution in [0.3, 0.4) is 0 Å². The largest absolute Gasteiger partial charge is 0.459 e. The molecule has 0 aliphatic carbocycles. The van der Waals surface area contributed by atoms with Gasteiger partial charge in [-0.1, -0.05) is 6.92 Å². The van der Waals surface area contributed by atoms with E-state index in [-0.39, 0.29) is 0 Å². The van der Waals surface area contributed by atoms with Crippen LogP contribution in [0, 0.1) is 11.6 Å². The highest BCUT2D eigenvalue weighted by Crippen LogP contribution is 2.29. The normalized spacial score (nSPS) is 13.1. The number of hydrogen-bond acceptors (Lipinski definition) is 4. The zero-order chi connectivity index (χ0) is 15.7. The van der Waals surface area contributed by atoms with Crippen LogP contribution in [0.15, 0.2) is 15.4 Å². The van der Waals surface area contributed by atoms with E-state index in [4.69, 9.17) is 9.88 Å². The first kappa shape index (κ1) is 17.0. The van der Waals surface area contributed by atoms with Crippen LogP contribution in [0.4, 0.5) is 8.78 Å². The SMILES string of the molecule is CCC(C)OC(=O)c1c(F)cc(Br)c(S(N)(=O)=O)c1F. The van der Waals surface area contributed by atoms with Crippen molar-refractivity contribution in [2.45, 2.75) is 31.3 Å². The molecule has 2 N–H and O–H groups in total. The van der Waals surface area contributed by atoms with Crippen LogP contribution in [0.1, 0.15) is 30.6 Å². The van der Waals surface area contributed by atoms with E-state index in [9.17, 15) is 22.0 Å². The summed E-state index contributed by atoms with van der Waals surface area (Å²) in [5.74, 6) is -4.10. The van der Waals surface area contributed by atoms with Crippen LogP contribution in [-0.2, 0) is 14.8 Å². The number of carbonyl (C=O) groups is 1. The molecule has 0 aliphatic rings. The highest BCUT2D eigenvalue weighted by molar-refractivity contribution is 9.10. The molecule has 0 amide bonds. The van der Waals surface area contributed by atoms with Gasteiger partial charge in [0, 0.05) is 4.47 Å². The van der Waals surface area contributed by atoms with Gasteiger partial charge in [-0.25, -0.2) is 27.1 Å². The molecule has 9 heteroatoms. The summed E-state index contributed by atoms with van der Waals surface area (Å²) in [6, 6.07) is 0.649. The van der Waals surface area contributed by atoms with Crippen LogP contribution >= 0.6 is 15.9 Å². The molecule has 0 radical (unpaired) electrons. The number of benzene rings is 1. The van der Waals surface area contributed by atoms with Gasteiger partial charge in [-0.3, -0.25) is 0 Å². The van der Waals surface area contributed by atoms with Crippen LogP contribution in [-0.4, -0.2) is 20.5 Å². The lowest BCUT2D eigenvalue weighted by Crippen LogP contribution is -2.21. The molecule has 20 heavy (non-hydrogen) atoms. The number of sulfonamides is 1. The van der Waals surface area contributed by atoms with Crippen molar-refractivity contribution in [3.8, 4) is 0 Å². The molecule has 0 spiro atoms. The first-order valence-corrected chi connectivity index (χ1v) is 7.84. The standard InChI is InChI=1S/C11H12BrF2NO4S/c1-3-5(2)19-11(16)8-7(13)4-6(12)10(9(8)14)20(15,17)18/h4-5H,3H2,1-2H3,(H2,15,17,18). The van der Waals surface area contributed by atoms with Gasteiger partial charge in [-0.15, -0.1) is 0 Å². The lowest BCUT2D eigenvalue weighted by atomic mass is 10.2. The smallest absolute Gasteiger partial charge is 0.344 e. The summed E-state index contributed by atoms with van der Waals surface area (Å²) in [6.45, 7) is 3.25. The van der Waals surface area contributed by atoms with Crippen molar-refractivity contribution in [2.24, 2.45) is 5.14 Å². The molecular weight excluding hydrogens is 360 g/mol. The maximum absolute atomic E-state index is 14.1. The third-order valence-electron chi connectivity index (χ3n) is 2.50. The molecule has 0 saturated heterocycles. The van der Waals surface area contributed by atoms with E-state index in [1.807, 2.05) is 0 Å². The lowest BCUT2D eigenvalue weighted by Gasteiger charge is -2.13. The topological polar surface area (TPSA) is 86.5 Å². The zero-order valence-corrected chi connectivity index (χ0v) is 13.0. The Morgan fingerprint density at radius 1 is 1.50 bits per heavy atom. The molecule has 0 saturated carbocycles. The van der Waals surface area contributed by atoms with E-state index in [1.54, 1.807) is 6.92 Å². The molecule has 1 aromatic rings. The molecule has 1 rings (SSSR count). The molecule has 0 heterocycles. The quantitative estimate of drug-likeness (QED) is 0.822. The summed E-state index contributed by atoms with van der Waals surface area (Å²) in [4.78, 5) is 10.7. The monoisotopic (exact) mass is 371 g/mol. The van der Waals surface area contributed by atoms with Gasteiger partial charge < -0.3 is 4.74 Å². The summed E-state index contributed by atoms with van der Waals surface area (Å²) in [7, 11) is -4.47. The lowest BCUT2D eigenvalue weighted by molar-refractivity contribution is 0.0322. The minimum absolute atomic E-state index is 0.407. The Hall–Kier alpha value is -1.06. The summed E-state index contributed by atoms with van der Waals surface area (Å²) in [5.41, 5.74) is -1.09. The fourth-order valence-corrected chi connectivity index (χ4v) is 3.08. The average molecular weight is 372 g/mol. The Balaban J connectivity index is 3.46. The number of nitrogens with two attached hydrogens (primary N) is 1. The second-order valence-electron chi connectivity index (χ2n) is 4.03. The van der Waals surface area contributed by atoms with Crippen LogP contribution in [0.5, 0.6) is 0 Å². The van der Waals surface area contributed by atoms with Gasteiger partial charge in [0.15, 0.2) is 5.82 Å². The molecular formula is C11H12BrF2NO4S. The van der Waals surface area contributed by atoms with Gasteiger partial charge >= 0.3 is 5.97 Å². The number of hydrogen-bond donors (Lipinski definition) is 1. The van der Waals surface area contributed by atoms with Crippen molar-refractivity contribution in [1.29, 1.82) is 0 Å². The average Bonchev–Trinajstić information content (AvgIpc) is 2.25. The molecule has 1 atom stereocenters. The molecule has 0 aromatic heterocycles. The Morgan fingerprint density at radius 3 is 2.50 bits per heavy atom. The summed E-state index contributed by atoms with van der Waals surface area (Å²) in [5, 5.41) is 4.83. The van der Waals surface area contributed by atoms with E-state index in [0.717, 1.165) is 0 Å². The minimum Gasteiger partial charge on any atom is -0.459 e. The summed E-state index contributed by atoms with van der Waals surface area (Å²) < 4.78 is 54.7. The molecule has 0 bridgehead atoms. The van der Waals surface area contributed by atoms with Gasteiger partial charge in [0.05, 0.1) is 6.10 Å². The Kier molecular flexibility index (Phi) is 5.22. The van der Waals surface area contributed by atoms with Crippen molar-refractivity contribution in [2.75, 3.05) is 0 Å². The summed E-state index contributed by atoms with van der Waals surface area (Å²) in [6.07, 6.45) is -0.129. The van der Waals surface area contributed by atoms with Crippen molar-refractivity contribution in [3.05, 3.63) is 27.7 Å². The van der Waals surface area contributed by atoms with Crippen molar-refractivity contribution in [3.63, 3.8) is 0 Å². The van der Waals surface area contributed by atoms with Crippen molar-refractivity contribution < 1.29 is 26.7 Å².